The molecule has 21 heavy (non-hydrogen) atoms. The average molecular weight is 292 g/mol. The number of nitrogens with zero attached hydrogens (tertiary/aromatic N) is 3. The molecule has 2 heterocycles. The zero-order chi connectivity index (χ0) is 15.4. The van der Waals surface area contributed by atoms with Gasteiger partial charge in [0, 0.05) is 31.7 Å². The van der Waals surface area contributed by atoms with Crippen LogP contribution < -0.4 is 5.32 Å². The van der Waals surface area contributed by atoms with Crippen molar-refractivity contribution >= 4 is 5.91 Å². The third kappa shape index (κ3) is 4.06. The van der Waals surface area contributed by atoms with Crippen molar-refractivity contribution in [1.29, 1.82) is 0 Å². The van der Waals surface area contributed by atoms with Gasteiger partial charge in [0.2, 0.25) is 5.91 Å². The second-order valence-electron chi connectivity index (χ2n) is 6.21. The number of amides is 1. The minimum atomic E-state index is 0.174. The Hall–Kier alpha value is -1.36. The monoisotopic (exact) mass is 292 g/mol. The van der Waals surface area contributed by atoms with E-state index < -0.39 is 0 Å². The first-order valence-corrected chi connectivity index (χ1v) is 7.95. The summed E-state index contributed by atoms with van der Waals surface area (Å²) in [5, 5.41) is 7.47. The molecule has 1 atom stereocenters. The van der Waals surface area contributed by atoms with Crippen molar-refractivity contribution < 1.29 is 4.79 Å². The Balaban J connectivity index is 1.76. The van der Waals surface area contributed by atoms with Crippen molar-refractivity contribution in [1.82, 2.24) is 20.0 Å². The molecule has 0 aliphatic carbocycles. The van der Waals surface area contributed by atoms with Crippen LogP contribution in [-0.2, 0) is 18.3 Å². The molecule has 118 valence electrons. The third-order valence-corrected chi connectivity index (χ3v) is 4.70. The van der Waals surface area contributed by atoms with Crippen LogP contribution in [-0.4, -0.2) is 46.8 Å². The summed E-state index contributed by atoms with van der Waals surface area (Å²) >= 11 is 0. The van der Waals surface area contributed by atoms with Crippen LogP contribution in [0.25, 0.3) is 0 Å². The Kier molecular flexibility index (Phi) is 5.39. The van der Waals surface area contributed by atoms with E-state index in [0.29, 0.717) is 19.0 Å². The van der Waals surface area contributed by atoms with E-state index >= 15 is 0 Å². The van der Waals surface area contributed by atoms with Crippen LogP contribution in [0.4, 0.5) is 0 Å². The molecule has 0 bridgehead atoms. The van der Waals surface area contributed by atoms with Crippen LogP contribution in [0.1, 0.15) is 42.6 Å². The quantitative estimate of drug-likeness (QED) is 0.896. The maximum atomic E-state index is 12.1. The average Bonchev–Trinajstić information content (AvgIpc) is 2.68. The highest BCUT2D eigenvalue weighted by molar-refractivity contribution is 5.76. The summed E-state index contributed by atoms with van der Waals surface area (Å²) in [6.07, 6.45) is 5.13. The number of carbonyl (C=O) groups is 1. The predicted molar refractivity (Wildman–Crippen MR) is 84.3 cm³/mol. The Morgan fingerprint density at radius 2 is 2.10 bits per heavy atom. The van der Waals surface area contributed by atoms with Crippen LogP contribution >= 0.6 is 0 Å². The molecule has 1 fully saturated rings. The lowest BCUT2D eigenvalue weighted by Crippen LogP contribution is -2.40. The summed E-state index contributed by atoms with van der Waals surface area (Å²) in [5.74, 6) is 0.174. The first kappa shape index (κ1) is 16.0. The van der Waals surface area contributed by atoms with Gasteiger partial charge in [-0.2, -0.15) is 5.10 Å². The van der Waals surface area contributed by atoms with Gasteiger partial charge in [-0.05, 0) is 52.3 Å². The van der Waals surface area contributed by atoms with Crippen LogP contribution in [0.3, 0.4) is 0 Å². The highest BCUT2D eigenvalue weighted by atomic mass is 16.1. The fourth-order valence-corrected chi connectivity index (χ4v) is 3.19. The summed E-state index contributed by atoms with van der Waals surface area (Å²) in [6, 6.07) is 0.417. The number of hydrogen-bond acceptors (Lipinski definition) is 3. The zero-order valence-electron chi connectivity index (χ0n) is 13.8. The number of piperidine rings is 1. The first-order chi connectivity index (χ1) is 9.99. The molecule has 1 amide bonds. The molecule has 5 heteroatoms. The molecule has 5 nitrogen and oxygen atoms in total. The van der Waals surface area contributed by atoms with E-state index in [4.69, 9.17) is 0 Å². The van der Waals surface area contributed by atoms with Gasteiger partial charge in [-0.25, -0.2) is 0 Å². The molecule has 1 saturated heterocycles. The summed E-state index contributed by atoms with van der Waals surface area (Å²) < 4.78 is 1.91. The van der Waals surface area contributed by atoms with E-state index in [1.165, 1.54) is 24.1 Å². The van der Waals surface area contributed by atoms with Crippen molar-refractivity contribution in [3.63, 3.8) is 0 Å². The molecule has 0 radical (unpaired) electrons. The van der Waals surface area contributed by atoms with Gasteiger partial charge in [-0.15, -0.1) is 0 Å². The Labute approximate surface area is 127 Å². The van der Waals surface area contributed by atoms with Gasteiger partial charge in [0.15, 0.2) is 0 Å². The second-order valence-corrected chi connectivity index (χ2v) is 6.21. The molecule has 1 aromatic rings. The lowest BCUT2D eigenvalue weighted by Gasteiger charge is -2.31. The highest BCUT2D eigenvalue weighted by Crippen LogP contribution is 2.17. The maximum Gasteiger partial charge on any atom is 0.221 e. The number of aromatic nitrogens is 2. The van der Waals surface area contributed by atoms with E-state index in [-0.39, 0.29) is 5.91 Å². The molecule has 0 saturated carbocycles. The van der Waals surface area contributed by atoms with Gasteiger partial charge in [0.25, 0.3) is 0 Å². The van der Waals surface area contributed by atoms with Gasteiger partial charge in [-0.3, -0.25) is 9.48 Å². The Morgan fingerprint density at radius 1 is 1.33 bits per heavy atom. The SMILES string of the molecule is Cc1nn(C)c(C)c1CCNC(=O)CC1CCCCN1C. The fraction of sp³-hybridized carbons (Fsp3) is 0.750. The second kappa shape index (κ2) is 7.07. The van der Waals surface area contributed by atoms with Gasteiger partial charge in [0.05, 0.1) is 5.69 Å². The molecule has 1 N–H and O–H groups in total. The van der Waals surface area contributed by atoms with E-state index in [1.807, 2.05) is 18.7 Å². The normalized spacial score (nSPS) is 19.7. The zero-order valence-corrected chi connectivity index (χ0v) is 13.8. The lowest BCUT2D eigenvalue weighted by molar-refractivity contribution is -0.122. The highest BCUT2D eigenvalue weighted by Gasteiger charge is 2.21. The van der Waals surface area contributed by atoms with Crippen molar-refractivity contribution in [3.8, 4) is 0 Å². The number of carbonyl (C=O) groups excluding carboxylic acids is 1. The summed E-state index contributed by atoms with van der Waals surface area (Å²) in [7, 11) is 4.09. The van der Waals surface area contributed by atoms with Crippen LogP contribution in [0.5, 0.6) is 0 Å². The molecule has 1 aliphatic heterocycles. The number of hydrogen-bond donors (Lipinski definition) is 1. The summed E-state index contributed by atoms with van der Waals surface area (Å²) in [4.78, 5) is 14.4. The topological polar surface area (TPSA) is 50.2 Å². The van der Waals surface area contributed by atoms with Gasteiger partial charge >= 0.3 is 0 Å². The van der Waals surface area contributed by atoms with Crippen LogP contribution in [0.15, 0.2) is 0 Å². The molecule has 1 aromatic heterocycles. The first-order valence-electron chi connectivity index (χ1n) is 7.95. The van der Waals surface area contributed by atoms with Gasteiger partial charge < -0.3 is 10.2 Å². The minimum Gasteiger partial charge on any atom is -0.356 e. The predicted octanol–water partition coefficient (Wildman–Crippen LogP) is 1.57. The maximum absolute atomic E-state index is 12.1. The van der Waals surface area contributed by atoms with Crippen molar-refractivity contribution in [3.05, 3.63) is 17.0 Å². The van der Waals surface area contributed by atoms with Crippen molar-refractivity contribution in [2.24, 2.45) is 7.05 Å². The third-order valence-electron chi connectivity index (χ3n) is 4.70. The van der Waals surface area contributed by atoms with Gasteiger partial charge in [0.1, 0.15) is 0 Å². The van der Waals surface area contributed by atoms with Crippen LogP contribution in [0.2, 0.25) is 0 Å². The largest absolute Gasteiger partial charge is 0.356 e. The summed E-state index contributed by atoms with van der Waals surface area (Å²) in [6.45, 7) is 5.92. The number of nitrogens with one attached hydrogen (secondary N) is 1. The van der Waals surface area contributed by atoms with Crippen molar-refractivity contribution in [2.75, 3.05) is 20.1 Å². The molecule has 1 unspecified atom stereocenters. The van der Waals surface area contributed by atoms with E-state index in [9.17, 15) is 4.79 Å². The Morgan fingerprint density at radius 3 is 2.71 bits per heavy atom. The number of aryl methyl sites for hydroxylation is 2. The van der Waals surface area contributed by atoms with Gasteiger partial charge in [-0.1, -0.05) is 6.42 Å². The standard InChI is InChI=1S/C16H28N4O/c1-12-15(13(2)20(4)18-12)8-9-17-16(21)11-14-7-5-6-10-19(14)3/h14H,5-11H2,1-4H3,(H,17,21). The number of rotatable bonds is 5. The lowest BCUT2D eigenvalue weighted by atomic mass is 10.00. The molecular weight excluding hydrogens is 264 g/mol. The van der Waals surface area contributed by atoms with E-state index in [0.717, 1.165) is 25.1 Å². The van der Waals surface area contributed by atoms with Crippen molar-refractivity contribution in [2.45, 2.75) is 52.0 Å². The molecule has 0 aromatic carbocycles. The number of likely N-dealkylation sites (tertiary alicyclic amines) is 1. The molecule has 2 rings (SSSR count). The van der Waals surface area contributed by atoms with E-state index in [2.05, 4.69) is 29.3 Å². The minimum absolute atomic E-state index is 0.174. The molecule has 1 aliphatic rings. The molecular formula is C16H28N4O. The van der Waals surface area contributed by atoms with Crippen LogP contribution in [0, 0.1) is 13.8 Å². The smallest absolute Gasteiger partial charge is 0.221 e. The summed E-state index contributed by atoms with van der Waals surface area (Å²) in [5.41, 5.74) is 3.51. The Bertz CT molecular complexity index is 495. The fourth-order valence-electron chi connectivity index (χ4n) is 3.19. The molecule has 0 spiro atoms. The van der Waals surface area contributed by atoms with E-state index in [1.54, 1.807) is 0 Å².